The van der Waals surface area contributed by atoms with Gasteiger partial charge in [-0.05, 0) is 55.7 Å². The van der Waals surface area contributed by atoms with Crippen LogP contribution in [0.3, 0.4) is 0 Å². The molecule has 8 heteroatoms. The van der Waals surface area contributed by atoms with Crippen molar-refractivity contribution in [1.82, 2.24) is 9.99 Å². The number of hydrogen-bond acceptors (Lipinski definition) is 6. The highest BCUT2D eigenvalue weighted by molar-refractivity contribution is 5.77. The summed E-state index contributed by atoms with van der Waals surface area (Å²) in [5.41, 5.74) is 3.14. The lowest BCUT2D eigenvalue weighted by molar-refractivity contribution is -0.145. The Bertz CT molecular complexity index is 1100. The third-order valence-electron chi connectivity index (χ3n) is 5.49. The number of ether oxygens (including phenoxy) is 1. The number of carboxylic acid groups (broad SMARTS) is 1. The highest BCUT2D eigenvalue weighted by Gasteiger charge is 2.37. The van der Waals surface area contributed by atoms with Crippen LogP contribution < -0.4 is 4.74 Å². The van der Waals surface area contributed by atoms with Crippen LogP contribution >= 0.6 is 0 Å². The molecule has 1 aliphatic heterocycles. The SMILES string of the molecule is Cc1oc(-c2ccccc2)nc1CCOc1ccc2c(c1)C(C(=O)O)N(N=O)[C@@H](C)C2. The summed E-state index contributed by atoms with van der Waals surface area (Å²) >= 11 is 0. The van der Waals surface area contributed by atoms with E-state index in [1.54, 1.807) is 13.0 Å². The molecule has 0 radical (unpaired) electrons. The highest BCUT2D eigenvalue weighted by Crippen LogP contribution is 2.35. The molecule has 8 nitrogen and oxygen atoms in total. The van der Waals surface area contributed by atoms with Crippen molar-refractivity contribution in [2.75, 3.05) is 6.61 Å². The zero-order chi connectivity index (χ0) is 22.0. The quantitative estimate of drug-likeness (QED) is 0.566. The summed E-state index contributed by atoms with van der Waals surface area (Å²) in [6.45, 7) is 4.01. The molecule has 1 aliphatic rings. The van der Waals surface area contributed by atoms with E-state index in [9.17, 15) is 14.8 Å². The standard InChI is InChI=1S/C23H23N3O5/c1-14-12-17-8-9-18(13-19(17)21(23(27)28)26(14)25-29)30-11-10-20-15(2)31-22(24-20)16-6-4-3-5-7-16/h3-9,13-14,21H,10-12H2,1-2H3,(H,27,28)/t14-,21?/m0/s1. The second kappa shape index (κ2) is 8.59. The lowest BCUT2D eigenvalue weighted by atomic mass is 9.90. The Morgan fingerprint density at radius 3 is 2.77 bits per heavy atom. The van der Waals surface area contributed by atoms with Crippen LogP contribution in [0.25, 0.3) is 11.5 Å². The van der Waals surface area contributed by atoms with Gasteiger partial charge in [0.15, 0.2) is 6.04 Å². The fourth-order valence-corrected chi connectivity index (χ4v) is 3.92. The van der Waals surface area contributed by atoms with Gasteiger partial charge in [0, 0.05) is 12.0 Å². The van der Waals surface area contributed by atoms with Crippen LogP contribution in [-0.4, -0.2) is 33.7 Å². The number of carbonyl (C=O) groups is 1. The lowest BCUT2D eigenvalue weighted by Crippen LogP contribution is -2.41. The zero-order valence-corrected chi connectivity index (χ0v) is 17.3. The van der Waals surface area contributed by atoms with E-state index in [1.165, 1.54) is 0 Å². The number of nitroso groups, excluding NO2 is 1. The number of carboxylic acids is 1. The summed E-state index contributed by atoms with van der Waals surface area (Å²) in [6.07, 6.45) is 1.09. The van der Waals surface area contributed by atoms with E-state index in [4.69, 9.17) is 9.15 Å². The largest absolute Gasteiger partial charge is 0.493 e. The Kier molecular flexibility index (Phi) is 5.70. The molecule has 0 amide bonds. The number of benzene rings is 2. The van der Waals surface area contributed by atoms with Crippen molar-refractivity contribution in [2.45, 2.75) is 38.8 Å². The molecule has 3 aromatic rings. The highest BCUT2D eigenvalue weighted by atomic mass is 16.5. The Balaban J connectivity index is 1.47. The van der Waals surface area contributed by atoms with Crippen molar-refractivity contribution in [1.29, 1.82) is 0 Å². The smallest absolute Gasteiger partial charge is 0.332 e. The van der Waals surface area contributed by atoms with Gasteiger partial charge in [-0.25, -0.2) is 14.8 Å². The Hall–Kier alpha value is -3.68. The van der Waals surface area contributed by atoms with Crippen LogP contribution in [0, 0.1) is 11.8 Å². The number of nitrogens with zero attached hydrogens (tertiary/aromatic N) is 3. The van der Waals surface area contributed by atoms with E-state index in [-0.39, 0.29) is 6.04 Å². The molecule has 1 aromatic heterocycles. The second-order valence-corrected chi connectivity index (χ2v) is 7.60. The molecule has 160 valence electrons. The van der Waals surface area contributed by atoms with Gasteiger partial charge in [-0.2, -0.15) is 0 Å². The van der Waals surface area contributed by atoms with E-state index in [0.29, 0.717) is 36.7 Å². The van der Waals surface area contributed by atoms with Crippen LogP contribution in [-0.2, 0) is 17.6 Å². The predicted molar refractivity (Wildman–Crippen MR) is 113 cm³/mol. The van der Waals surface area contributed by atoms with Crippen molar-refractivity contribution in [3.05, 3.63) is 76.0 Å². The second-order valence-electron chi connectivity index (χ2n) is 7.60. The number of aliphatic carboxylic acids is 1. The van der Waals surface area contributed by atoms with Crippen molar-refractivity contribution < 1.29 is 19.1 Å². The number of oxazole rings is 1. The van der Waals surface area contributed by atoms with Gasteiger partial charge in [-0.15, -0.1) is 4.91 Å². The van der Waals surface area contributed by atoms with Gasteiger partial charge >= 0.3 is 5.97 Å². The Labute approximate surface area is 179 Å². The van der Waals surface area contributed by atoms with E-state index in [2.05, 4.69) is 10.3 Å². The summed E-state index contributed by atoms with van der Waals surface area (Å²) in [7, 11) is 0. The van der Waals surface area contributed by atoms with E-state index in [1.807, 2.05) is 49.4 Å². The molecule has 0 aliphatic carbocycles. The first-order valence-electron chi connectivity index (χ1n) is 10.1. The molecular formula is C23H23N3O5. The third-order valence-corrected chi connectivity index (χ3v) is 5.49. The van der Waals surface area contributed by atoms with E-state index < -0.39 is 12.0 Å². The topological polar surface area (TPSA) is 105 Å². The molecule has 4 rings (SSSR count). The average Bonchev–Trinajstić information content (AvgIpc) is 3.14. The van der Waals surface area contributed by atoms with Crippen LogP contribution in [0.5, 0.6) is 5.75 Å². The first kappa shape index (κ1) is 20.6. The molecule has 0 saturated heterocycles. The Morgan fingerprint density at radius 1 is 1.29 bits per heavy atom. The maximum atomic E-state index is 11.8. The summed E-state index contributed by atoms with van der Waals surface area (Å²) in [5, 5.41) is 13.7. The molecule has 31 heavy (non-hydrogen) atoms. The molecule has 1 N–H and O–H groups in total. The van der Waals surface area contributed by atoms with Crippen LogP contribution in [0.1, 0.15) is 35.5 Å². The van der Waals surface area contributed by atoms with Crippen LogP contribution in [0.2, 0.25) is 0 Å². The molecule has 0 bridgehead atoms. The number of fused-ring (bicyclic) bond motifs is 1. The van der Waals surface area contributed by atoms with Crippen molar-refractivity contribution >= 4 is 5.97 Å². The van der Waals surface area contributed by atoms with Gasteiger partial charge in [0.05, 0.1) is 23.6 Å². The fraction of sp³-hybridized carbons (Fsp3) is 0.304. The molecule has 2 aromatic carbocycles. The van der Waals surface area contributed by atoms with Crippen molar-refractivity contribution in [2.24, 2.45) is 5.29 Å². The Morgan fingerprint density at radius 2 is 2.06 bits per heavy atom. The first-order chi connectivity index (χ1) is 15.0. The van der Waals surface area contributed by atoms with Gasteiger partial charge in [-0.1, -0.05) is 24.3 Å². The fourth-order valence-electron chi connectivity index (χ4n) is 3.92. The minimum absolute atomic E-state index is 0.285. The molecular weight excluding hydrogens is 398 g/mol. The minimum atomic E-state index is -1.12. The van der Waals surface area contributed by atoms with Gasteiger partial charge in [0.25, 0.3) is 0 Å². The summed E-state index contributed by atoms with van der Waals surface area (Å²) < 4.78 is 11.6. The lowest BCUT2D eigenvalue weighted by Gasteiger charge is -2.35. The number of aryl methyl sites for hydroxylation is 1. The number of aromatic nitrogens is 1. The summed E-state index contributed by atoms with van der Waals surface area (Å²) in [6, 6.07) is 13.6. The normalized spacial score (nSPS) is 17.8. The van der Waals surface area contributed by atoms with Gasteiger partial charge in [0.2, 0.25) is 5.89 Å². The molecule has 0 spiro atoms. The van der Waals surface area contributed by atoms with Gasteiger partial charge in [0.1, 0.15) is 11.5 Å². The maximum Gasteiger partial charge on any atom is 0.332 e. The zero-order valence-electron chi connectivity index (χ0n) is 17.3. The number of rotatable bonds is 7. The first-order valence-corrected chi connectivity index (χ1v) is 10.1. The summed E-state index contributed by atoms with van der Waals surface area (Å²) in [4.78, 5) is 27.6. The van der Waals surface area contributed by atoms with Gasteiger partial charge in [-0.3, -0.25) is 0 Å². The number of hydrogen-bond donors (Lipinski definition) is 1. The maximum absolute atomic E-state index is 11.8. The van der Waals surface area contributed by atoms with E-state index in [0.717, 1.165) is 27.6 Å². The minimum Gasteiger partial charge on any atom is -0.493 e. The monoisotopic (exact) mass is 421 g/mol. The van der Waals surface area contributed by atoms with E-state index >= 15 is 0 Å². The summed E-state index contributed by atoms with van der Waals surface area (Å²) in [5.74, 6) is 0.730. The molecule has 0 saturated carbocycles. The van der Waals surface area contributed by atoms with Gasteiger partial charge < -0.3 is 14.3 Å². The molecule has 1 unspecified atom stereocenters. The molecule has 2 heterocycles. The van der Waals surface area contributed by atoms with Crippen LogP contribution in [0.4, 0.5) is 0 Å². The van der Waals surface area contributed by atoms with Crippen molar-refractivity contribution in [3.63, 3.8) is 0 Å². The third kappa shape index (κ3) is 4.14. The van der Waals surface area contributed by atoms with Crippen molar-refractivity contribution in [3.8, 4) is 17.2 Å². The molecule has 2 atom stereocenters. The molecule has 0 fully saturated rings. The van der Waals surface area contributed by atoms with Crippen LogP contribution in [0.15, 0.2) is 58.2 Å². The predicted octanol–water partition coefficient (Wildman–Crippen LogP) is 4.33. The average molecular weight is 421 g/mol.